The number of carbonyl (C=O) groups is 1. The van der Waals surface area contributed by atoms with Crippen molar-refractivity contribution in [3.63, 3.8) is 0 Å². The lowest BCUT2D eigenvalue weighted by Gasteiger charge is -2.24. The van der Waals surface area contributed by atoms with Gasteiger partial charge in [0.05, 0.1) is 47.6 Å². The van der Waals surface area contributed by atoms with E-state index >= 15 is 0 Å². The lowest BCUT2D eigenvalue weighted by Crippen LogP contribution is -2.32. The minimum absolute atomic E-state index is 0.00702. The van der Waals surface area contributed by atoms with Gasteiger partial charge in [-0.2, -0.15) is 0 Å². The highest BCUT2D eigenvalue weighted by molar-refractivity contribution is 5.75. The number of esters is 1. The first-order valence-corrected chi connectivity index (χ1v) is 9.51. The molecule has 24 heavy (non-hydrogen) atoms. The van der Waals surface area contributed by atoms with Crippen LogP contribution in [0.2, 0.25) is 0 Å². The molecule has 1 aliphatic carbocycles. The first kappa shape index (κ1) is 15.6. The summed E-state index contributed by atoms with van der Waals surface area (Å²) >= 11 is 0. The number of hydrogen-bond acceptors (Lipinski definition) is 5. The molecule has 4 aliphatic heterocycles. The van der Waals surface area contributed by atoms with E-state index in [0.717, 1.165) is 38.5 Å². The smallest absolute Gasteiger partial charge is 0.309 e. The molecule has 5 rings (SSSR count). The van der Waals surface area contributed by atoms with Crippen LogP contribution < -0.4 is 0 Å². The molecule has 1 saturated carbocycles. The normalized spacial score (nSPS) is 53.1. The maximum Gasteiger partial charge on any atom is 0.309 e. The fourth-order valence-corrected chi connectivity index (χ4v) is 5.19. The molecular weight excluding hydrogens is 308 g/mol. The Hall–Kier alpha value is -0.650. The summed E-state index contributed by atoms with van der Waals surface area (Å²) in [6, 6.07) is 0. The van der Waals surface area contributed by atoms with Crippen molar-refractivity contribution in [2.24, 2.45) is 11.8 Å². The Kier molecular flexibility index (Phi) is 3.08. The molecule has 0 aromatic heterocycles. The molecule has 0 amide bonds. The quantitative estimate of drug-likeness (QED) is 0.551. The zero-order valence-electron chi connectivity index (χ0n) is 14.9. The van der Waals surface area contributed by atoms with Crippen molar-refractivity contribution in [2.45, 2.75) is 94.4 Å². The van der Waals surface area contributed by atoms with Gasteiger partial charge in [-0.25, -0.2) is 0 Å². The lowest BCUT2D eigenvalue weighted by molar-refractivity contribution is -0.141. The van der Waals surface area contributed by atoms with Crippen LogP contribution in [0.3, 0.4) is 0 Å². The van der Waals surface area contributed by atoms with Crippen molar-refractivity contribution in [2.75, 3.05) is 6.61 Å². The molecule has 0 radical (unpaired) electrons. The van der Waals surface area contributed by atoms with Crippen molar-refractivity contribution in [1.29, 1.82) is 0 Å². The van der Waals surface area contributed by atoms with E-state index < -0.39 is 0 Å². The van der Waals surface area contributed by atoms with Crippen LogP contribution in [0.4, 0.5) is 0 Å². The molecule has 7 atom stereocenters. The number of rotatable bonds is 6. The SMILES string of the molecule is CC1(C)OC1CCC1(C)OC1CCC12CC3COC(=O)C3CC1O2. The van der Waals surface area contributed by atoms with Gasteiger partial charge in [-0.3, -0.25) is 4.79 Å². The summed E-state index contributed by atoms with van der Waals surface area (Å²) in [7, 11) is 0. The molecule has 7 unspecified atom stereocenters. The Morgan fingerprint density at radius 3 is 2.54 bits per heavy atom. The van der Waals surface area contributed by atoms with Gasteiger partial charge in [0.15, 0.2) is 0 Å². The molecule has 0 bridgehead atoms. The Balaban J connectivity index is 1.10. The molecular formula is C19H28O5. The summed E-state index contributed by atoms with van der Waals surface area (Å²) in [5.74, 6) is 0.458. The van der Waals surface area contributed by atoms with Crippen LogP contribution in [0, 0.1) is 11.8 Å². The summed E-state index contributed by atoms with van der Waals surface area (Å²) in [6.07, 6.45) is 7.18. The minimum atomic E-state index is -0.00702. The number of cyclic esters (lactones) is 1. The highest BCUT2D eigenvalue weighted by atomic mass is 16.6. The van der Waals surface area contributed by atoms with Crippen LogP contribution in [-0.4, -0.2) is 47.7 Å². The van der Waals surface area contributed by atoms with Crippen molar-refractivity contribution in [3.05, 3.63) is 0 Å². The van der Waals surface area contributed by atoms with E-state index in [1.807, 2.05) is 0 Å². The predicted molar refractivity (Wildman–Crippen MR) is 85.5 cm³/mol. The number of carbonyl (C=O) groups excluding carboxylic acids is 1. The average Bonchev–Trinajstić information content (AvgIpc) is 3.44. The molecule has 5 aliphatic rings. The molecule has 5 nitrogen and oxygen atoms in total. The fourth-order valence-electron chi connectivity index (χ4n) is 5.19. The average molecular weight is 336 g/mol. The van der Waals surface area contributed by atoms with Crippen LogP contribution >= 0.6 is 0 Å². The zero-order valence-corrected chi connectivity index (χ0v) is 14.9. The fraction of sp³-hybridized carbons (Fsp3) is 0.947. The molecule has 5 heteroatoms. The third-order valence-electron chi connectivity index (χ3n) is 7.23. The molecule has 4 saturated heterocycles. The molecule has 0 spiro atoms. The van der Waals surface area contributed by atoms with Crippen molar-refractivity contribution in [3.8, 4) is 0 Å². The maximum absolute atomic E-state index is 11.7. The van der Waals surface area contributed by atoms with Crippen LogP contribution in [0.5, 0.6) is 0 Å². The van der Waals surface area contributed by atoms with Crippen molar-refractivity contribution < 1.29 is 23.7 Å². The molecule has 0 N–H and O–H groups in total. The van der Waals surface area contributed by atoms with Crippen molar-refractivity contribution in [1.82, 2.24) is 0 Å². The topological polar surface area (TPSA) is 63.9 Å². The van der Waals surface area contributed by atoms with Crippen LogP contribution in [0.15, 0.2) is 0 Å². The van der Waals surface area contributed by atoms with Gasteiger partial charge >= 0.3 is 5.97 Å². The zero-order chi connectivity index (χ0) is 16.7. The third-order valence-corrected chi connectivity index (χ3v) is 7.23. The van der Waals surface area contributed by atoms with Crippen LogP contribution in [-0.2, 0) is 23.7 Å². The van der Waals surface area contributed by atoms with Gasteiger partial charge in [0.25, 0.3) is 0 Å². The number of ether oxygens (including phenoxy) is 4. The van der Waals surface area contributed by atoms with E-state index in [0.29, 0.717) is 24.7 Å². The van der Waals surface area contributed by atoms with Gasteiger partial charge in [-0.05, 0) is 59.3 Å². The monoisotopic (exact) mass is 336 g/mol. The molecule has 0 aromatic carbocycles. The summed E-state index contributed by atoms with van der Waals surface area (Å²) in [5, 5.41) is 0. The van der Waals surface area contributed by atoms with Gasteiger partial charge in [0.1, 0.15) is 0 Å². The van der Waals surface area contributed by atoms with E-state index in [1.54, 1.807) is 0 Å². The maximum atomic E-state index is 11.7. The van der Waals surface area contributed by atoms with Gasteiger partial charge in [-0.1, -0.05) is 0 Å². The van der Waals surface area contributed by atoms with E-state index in [4.69, 9.17) is 18.9 Å². The second kappa shape index (κ2) is 4.74. The first-order valence-electron chi connectivity index (χ1n) is 9.51. The second-order valence-electron chi connectivity index (χ2n) is 9.31. The van der Waals surface area contributed by atoms with Gasteiger partial charge < -0.3 is 18.9 Å². The largest absolute Gasteiger partial charge is 0.465 e. The Morgan fingerprint density at radius 1 is 1.04 bits per heavy atom. The second-order valence-corrected chi connectivity index (χ2v) is 9.31. The van der Waals surface area contributed by atoms with E-state index in [1.165, 1.54) is 0 Å². The van der Waals surface area contributed by atoms with Crippen LogP contribution in [0.1, 0.15) is 59.3 Å². The molecule has 5 fully saturated rings. The third kappa shape index (κ3) is 2.43. The lowest BCUT2D eigenvalue weighted by atomic mass is 9.73. The number of hydrogen-bond donors (Lipinski definition) is 0. The number of epoxide rings is 3. The first-order chi connectivity index (χ1) is 11.3. The minimum Gasteiger partial charge on any atom is -0.465 e. The highest BCUT2D eigenvalue weighted by Crippen LogP contribution is 2.57. The summed E-state index contributed by atoms with van der Waals surface area (Å²) in [5.41, 5.74) is 0.129. The predicted octanol–water partition coefficient (Wildman–Crippen LogP) is 2.60. The van der Waals surface area contributed by atoms with Gasteiger partial charge in [0, 0.05) is 5.92 Å². The van der Waals surface area contributed by atoms with E-state index in [2.05, 4.69) is 20.8 Å². The van der Waals surface area contributed by atoms with E-state index in [9.17, 15) is 4.79 Å². The summed E-state index contributed by atoms with van der Waals surface area (Å²) in [6.45, 7) is 7.14. The van der Waals surface area contributed by atoms with Crippen LogP contribution in [0.25, 0.3) is 0 Å². The molecule has 0 aromatic rings. The highest BCUT2D eigenvalue weighted by Gasteiger charge is 2.65. The number of fused-ring (bicyclic) bond motifs is 2. The Bertz CT molecular complexity index is 574. The molecule has 4 heterocycles. The summed E-state index contributed by atoms with van der Waals surface area (Å²) in [4.78, 5) is 11.7. The molecule has 134 valence electrons. The van der Waals surface area contributed by atoms with Gasteiger partial charge in [0.2, 0.25) is 0 Å². The Labute approximate surface area is 143 Å². The standard InChI is InChI=1S/C19H28O5/c1-17(2)13(22-17)4-6-18(3)14(23-18)5-7-19-9-11-10-21-16(20)12(11)8-15(19)24-19/h11-15H,4-10H2,1-3H3. The van der Waals surface area contributed by atoms with Gasteiger partial charge in [-0.15, -0.1) is 0 Å². The van der Waals surface area contributed by atoms with E-state index in [-0.39, 0.29) is 34.8 Å². The summed E-state index contributed by atoms with van der Waals surface area (Å²) < 4.78 is 23.0. The van der Waals surface area contributed by atoms with Crippen molar-refractivity contribution >= 4 is 5.97 Å². The Morgan fingerprint density at radius 2 is 1.79 bits per heavy atom.